The van der Waals surface area contributed by atoms with E-state index in [0.717, 1.165) is 0 Å². The summed E-state index contributed by atoms with van der Waals surface area (Å²) in [6.45, 7) is 0. The van der Waals surface area contributed by atoms with Gasteiger partial charge in [-0.3, -0.25) is 0 Å². The largest absolute Gasteiger partial charge is 0.497 e. The molecule has 2 unspecified atom stereocenters. The molecule has 7 rings (SSSR count). The van der Waals surface area contributed by atoms with E-state index in [4.69, 9.17) is 46.5 Å². The number of ether oxygens (including phenoxy) is 3. The maximum atomic E-state index is 6.93. The van der Waals surface area contributed by atoms with Gasteiger partial charge in [0.1, 0.15) is 51.7 Å². The maximum Gasteiger partial charge on any atom is 0.447 e. The molecule has 0 saturated carbocycles. The first kappa shape index (κ1) is 36.9. The zero-order valence-corrected chi connectivity index (χ0v) is 32.1. The first-order valence-electron chi connectivity index (χ1n) is 16.6. The van der Waals surface area contributed by atoms with Crippen molar-refractivity contribution in [1.82, 2.24) is 9.21 Å². The van der Waals surface area contributed by atoms with Gasteiger partial charge in [0.25, 0.3) is 0 Å². The van der Waals surface area contributed by atoms with Crippen LogP contribution in [0.15, 0.2) is 168 Å². The monoisotopic (exact) mass is 783 g/mol. The fraction of sp³-hybridized carbons (Fsp3) is 0.0769. The molecule has 6 aromatic carbocycles. The van der Waals surface area contributed by atoms with E-state index in [1.165, 1.54) is 4.60 Å². The fourth-order valence-electron chi connectivity index (χ4n) is 4.80. The molecule has 54 heavy (non-hydrogen) atoms. The van der Waals surface area contributed by atoms with E-state index in [-0.39, 0.29) is 0 Å². The van der Waals surface area contributed by atoms with Gasteiger partial charge < -0.3 is 42.0 Å². The van der Waals surface area contributed by atoms with Crippen LogP contribution in [0.4, 0.5) is 0 Å². The average Bonchev–Trinajstić information content (AvgIpc) is 3.22. The zero-order chi connectivity index (χ0) is 37.2. The number of rotatable bonds is 15. The Hall–Kier alpha value is -5.47. The molecule has 12 nitrogen and oxygen atoms in total. The highest BCUT2D eigenvalue weighted by molar-refractivity contribution is 7.78. The lowest BCUT2D eigenvalue weighted by atomic mass is 10.3. The number of para-hydroxylation sites is 3. The van der Waals surface area contributed by atoms with Gasteiger partial charge in [-0.2, -0.15) is 0 Å². The Labute approximate surface area is 316 Å². The third kappa shape index (κ3) is 9.00. The van der Waals surface area contributed by atoms with Gasteiger partial charge in [-0.25, -0.2) is 0 Å². The number of hydrogen-bond acceptors (Lipinski definition) is 12. The fourth-order valence-corrected chi connectivity index (χ4v) is 12.3. The molecular formula is C39H36N3O9P3. The molecule has 15 heteroatoms. The molecule has 1 aliphatic heterocycles. The van der Waals surface area contributed by atoms with Crippen LogP contribution in [0.3, 0.4) is 0 Å². The van der Waals surface area contributed by atoms with Crippen molar-refractivity contribution in [2.45, 2.75) is 0 Å². The minimum absolute atomic E-state index is 0.425. The van der Waals surface area contributed by atoms with Gasteiger partial charge in [0.05, 0.1) is 21.3 Å². The van der Waals surface area contributed by atoms with Crippen molar-refractivity contribution in [2.75, 3.05) is 21.3 Å². The molecule has 6 aromatic rings. The van der Waals surface area contributed by atoms with Crippen LogP contribution in [0, 0.1) is 0 Å². The molecular weight excluding hydrogens is 747 g/mol. The number of nitrogens with zero attached hydrogens (tertiary/aromatic N) is 3. The molecule has 0 bridgehead atoms. The minimum Gasteiger partial charge on any atom is -0.497 e. The standard InChI is InChI=1S/C39H36N3O9P3/c1-43-31-19-25-34(26-20-31)46-41-52(48-36-13-7-4-8-14-36)40-54(50-38-15-9-5-10-16-38,51-39-17-11-6-12-18-39)42(47-35-27-21-32(44-2)22-28-35)53(41)49-37-29-23-33(45-3)24-30-37/h4-30H,1-3H3. The Balaban J connectivity index is 1.46. The summed E-state index contributed by atoms with van der Waals surface area (Å²) >= 11 is 0. The lowest BCUT2D eigenvalue weighted by molar-refractivity contribution is 0.0545. The molecule has 2 atom stereocenters. The topological polar surface area (TPSA) is 102 Å². The molecule has 0 aliphatic carbocycles. The van der Waals surface area contributed by atoms with E-state index < -0.39 is 24.6 Å². The molecule has 0 saturated heterocycles. The summed E-state index contributed by atoms with van der Waals surface area (Å²) in [6, 6.07) is 49.3. The van der Waals surface area contributed by atoms with Gasteiger partial charge in [-0.15, -0.1) is 4.52 Å². The molecule has 0 N–H and O–H groups in total. The summed E-state index contributed by atoms with van der Waals surface area (Å²) in [7, 11) is -3.42. The SMILES string of the molecule is COc1ccc(ON2P(Oc3ccccc3)N=P(Oc3ccccc3)(Oc3ccccc3)N(Oc3ccc(OC)cc3)P2Oc2ccc(OC)cc2)cc1. The van der Waals surface area contributed by atoms with Gasteiger partial charge in [0.2, 0.25) is 0 Å². The Kier molecular flexibility index (Phi) is 12.0. The Morgan fingerprint density at radius 3 is 1.22 bits per heavy atom. The lowest BCUT2D eigenvalue weighted by Gasteiger charge is -2.43. The van der Waals surface area contributed by atoms with Gasteiger partial charge in [-0.05, 0) is 109 Å². The minimum atomic E-state index is -3.84. The second-order valence-corrected chi connectivity index (χ2v) is 16.6. The first-order chi connectivity index (χ1) is 26.5. The normalized spacial score (nSPS) is 16.6. The van der Waals surface area contributed by atoms with Crippen molar-refractivity contribution in [3.05, 3.63) is 164 Å². The van der Waals surface area contributed by atoms with Crippen LogP contribution in [0.5, 0.6) is 51.7 Å². The summed E-state index contributed by atoms with van der Waals surface area (Å²) in [4.78, 5) is 13.5. The van der Waals surface area contributed by atoms with Gasteiger partial charge in [0, 0.05) is 9.21 Å². The summed E-state index contributed by atoms with van der Waals surface area (Å²) < 4.78 is 52.2. The van der Waals surface area contributed by atoms with Crippen LogP contribution in [-0.2, 0) is 0 Å². The highest BCUT2D eigenvalue weighted by Gasteiger charge is 2.58. The third-order valence-corrected chi connectivity index (χ3v) is 14.3. The molecule has 0 spiro atoms. The smallest absolute Gasteiger partial charge is 0.447 e. The Morgan fingerprint density at radius 2 is 0.778 bits per heavy atom. The summed E-state index contributed by atoms with van der Waals surface area (Å²) in [5.41, 5.74) is 0. The second kappa shape index (κ2) is 17.6. The number of methoxy groups -OCH3 is 3. The van der Waals surface area contributed by atoms with Crippen molar-refractivity contribution in [1.29, 1.82) is 0 Å². The second-order valence-electron chi connectivity index (χ2n) is 11.1. The number of hydrogen-bond donors (Lipinski definition) is 0. The van der Waals surface area contributed by atoms with E-state index in [1.807, 2.05) is 91.0 Å². The zero-order valence-electron chi connectivity index (χ0n) is 29.4. The van der Waals surface area contributed by atoms with Crippen LogP contribution >= 0.6 is 24.6 Å². The summed E-state index contributed by atoms with van der Waals surface area (Å²) in [6.07, 6.45) is 0. The van der Waals surface area contributed by atoms with Crippen molar-refractivity contribution in [3.63, 3.8) is 0 Å². The van der Waals surface area contributed by atoms with Crippen molar-refractivity contribution >= 4 is 24.6 Å². The van der Waals surface area contributed by atoms with Crippen molar-refractivity contribution < 1.29 is 42.0 Å². The van der Waals surface area contributed by atoms with Crippen LogP contribution in [0.25, 0.3) is 0 Å². The quantitative estimate of drug-likeness (QED) is 0.0930. The predicted molar refractivity (Wildman–Crippen MR) is 209 cm³/mol. The third-order valence-electron chi connectivity index (χ3n) is 7.45. The lowest BCUT2D eigenvalue weighted by Crippen LogP contribution is -2.37. The number of benzene rings is 6. The Bertz CT molecular complexity index is 2070. The van der Waals surface area contributed by atoms with E-state index in [2.05, 4.69) is 0 Å². The van der Waals surface area contributed by atoms with Gasteiger partial charge >= 0.3 is 24.6 Å². The summed E-state index contributed by atoms with van der Waals surface area (Å²) in [5, 5.41) is 0. The molecule has 276 valence electrons. The molecule has 0 aromatic heterocycles. The molecule has 1 aliphatic rings. The maximum absolute atomic E-state index is 6.93. The average molecular weight is 784 g/mol. The van der Waals surface area contributed by atoms with Crippen LogP contribution in [0.1, 0.15) is 0 Å². The van der Waals surface area contributed by atoms with E-state index in [1.54, 1.807) is 98.7 Å². The summed E-state index contributed by atoms with van der Waals surface area (Å²) in [5.74, 6) is 4.82. The molecule has 0 radical (unpaired) electrons. The molecule has 1 heterocycles. The molecule has 0 fully saturated rings. The van der Waals surface area contributed by atoms with Crippen LogP contribution < -0.4 is 42.0 Å². The highest BCUT2D eigenvalue weighted by Crippen LogP contribution is 2.77. The predicted octanol–water partition coefficient (Wildman–Crippen LogP) is 11.3. The highest BCUT2D eigenvalue weighted by atomic mass is 31.3. The van der Waals surface area contributed by atoms with Crippen LogP contribution in [-0.4, -0.2) is 30.5 Å². The van der Waals surface area contributed by atoms with E-state index in [0.29, 0.717) is 51.7 Å². The molecule has 0 amide bonds. The van der Waals surface area contributed by atoms with Gasteiger partial charge in [0.15, 0.2) is 0 Å². The van der Waals surface area contributed by atoms with Gasteiger partial charge in [-0.1, -0.05) is 54.6 Å². The van der Waals surface area contributed by atoms with E-state index in [9.17, 15) is 0 Å². The first-order valence-corrected chi connectivity index (χ1v) is 20.4. The van der Waals surface area contributed by atoms with E-state index >= 15 is 0 Å². The van der Waals surface area contributed by atoms with Crippen molar-refractivity contribution in [2.24, 2.45) is 4.52 Å². The Morgan fingerprint density at radius 1 is 0.407 bits per heavy atom. The van der Waals surface area contributed by atoms with Crippen molar-refractivity contribution in [3.8, 4) is 51.7 Å². The van der Waals surface area contributed by atoms with Crippen LogP contribution in [0.2, 0.25) is 0 Å².